The first-order valence-corrected chi connectivity index (χ1v) is 13.9. The van der Waals surface area contributed by atoms with E-state index < -0.39 is 86.3 Å². The molecule has 12 nitrogen and oxygen atoms in total. The lowest BCUT2D eigenvalue weighted by molar-refractivity contribution is -0.354. The first-order chi connectivity index (χ1) is 18.2. The van der Waals surface area contributed by atoms with Crippen LogP contribution in [-0.4, -0.2) is 124 Å². The molecule has 0 aromatic rings. The van der Waals surface area contributed by atoms with E-state index >= 15 is 0 Å². The van der Waals surface area contributed by atoms with Crippen molar-refractivity contribution >= 4 is 5.78 Å². The molecule has 3 aliphatic heterocycles. The zero-order valence-electron chi connectivity index (χ0n) is 22.3. The molecule has 0 aromatic carbocycles. The SMILES string of the molecule is CCC(=O)[C@H]1CCCOC2C(O1)[C@@H](O)C(CO)O[C@H]2O[C@@H]1CCCC(C)C1O[C@@H]1OC(C)[C@@H](O)C(O)[C@@H]1O. The molecule has 0 amide bonds. The molecule has 0 bridgehead atoms. The van der Waals surface area contributed by atoms with Crippen LogP contribution in [0.5, 0.6) is 0 Å². The molecule has 4 fully saturated rings. The highest BCUT2D eigenvalue weighted by Gasteiger charge is 2.51. The molecular weight excluding hydrogens is 504 g/mol. The van der Waals surface area contributed by atoms with Crippen LogP contribution >= 0.6 is 0 Å². The Hall–Kier alpha value is -0.770. The van der Waals surface area contributed by atoms with Crippen molar-refractivity contribution in [2.24, 2.45) is 5.92 Å². The van der Waals surface area contributed by atoms with Crippen LogP contribution in [0.1, 0.15) is 59.3 Å². The third kappa shape index (κ3) is 6.41. The second kappa shape index (κ2) is 13.3. The fourth-order valence-corrected chi connectivity index (χ4v) is 5.85. The number of carbonyl (C=O) groups excluding carboxylic acids is 1. The maximum atomic E-state index is 12.5. The highest BCUT2D eigenvalue weighted by Crippen LogP contribution is 2.36. The van der Waals surface area contributed by atoms with Crippen LogP contribution in [0.4, 0.5) is 0 Å². The number of ketones is 1. The van der Waals surface area contributed by atoms with Gasteiger partial charge in [-0.3, -0.25) is 4.79 Å². The molecule has 4 rings (SSSR count). The molecule has 1 saturated carbocycles. The van der Waals surface area contributed by atoms with Gasteiger partial charge in [0, 0.05) is 13.0 Å². The lowest BCUT2D eigenvalue weighted by atomic mass is 9.85. The van der Waals surface area contributed by atoms with Gasteiger partial charge in [-0.05, 0) is 38.5 Å². The Morgan fingerprint density at radius 2 is 1.61 bits per heavy atom. The van der Waals surface area contributed by atoms with Crippen molar-refractivity contribution in [2.75, 3.05) is 13.2 Å². The number of hydrogen-bond donors (Lipinski definition) is 5. The van der Waals surface area contributed by atoms with Crippen molar-refractivity contribution in [1.29, 1.82) is 0 Å². The molecule has 220 valence electrons. The summed E-state index contributed by atoms with van der Waals surface area (Å²) in [4.78, 5) is 12.5. The van der Waals surface area contributed by atoms with Crippen molar-refractivity contribution in [1.82, 2.24) is 0 Å². The number of ether oxygens (including phenoxy) is 6. The molecule has 0 spiro atoms. The van der Waals surface area contributed by atoms with Crippen molar-refractivity contribution in [3.05, 3.63) is 0 Å². The number of carbonyl (C=O) groups is 1. The average molecular weight is 549 g/mol. The first kappa shape index (κ1) is 30.2. The zero-order valence-corrected chi connectivity index (χ0v) is 22.3. The quantitative estimate of drug-likeness (QED) is 0.274. The third-order valence-electron chi connectivity index (χ3n) is 8.23. The molecular formula is C26H44O12. The Balaban J connectivity index is 1.52. The van der Waals surface area contributed by atoms with Gasteiger partial charge in [0.2, 0.25) is 0 Å². The van der Waals surface area contributed by atoms with E-state index in [0.29, 0.717) is 32.3 Å². The number of aliphatic hydroxyl groups is 5. The van der Waals surface area contributed by atoms with E-state index in [2.05, 4.69) is 0 Å². The van der Waals surface area contributed by atoms with Crippen LogP contribution in [0.3, 0.4) is 0 Å². The normalized spacial score (nSPS) is 48.5. The summed E-state index contributed by atoms with van der Waals surface area (Å²) in [6, 6.07) is 0. The maximum Gasteiger partial charge on any atom is 0.187 e. The second-order valence-electron chi connectivity index (χ2n) is 11.0. The minimum absolute atomic E-state index is 0.00326. The molecule has 12 heteroatoms. The Morgan fingerprint density at radius 3 is 2.32 bits per heavy atom. The van der Waals surface area contributed by atoms with Crippen LogP contribution in [-0.2, 0) is 33.2 Å². The number of fused-ring (bicyclic) bond motifs is 1. The first-order valence-electron chi connectivity index (χ1n) is 13.9. The molecule has 1 aliphatic carbocycles. The van der Waals surface area contributed by atoms with Crippen molar-refractivity contribution < 1.29 is 58.7 Å². The number of rotatable bonds is 7. The summed E-state index contributed by atoms with van der Waals surface area (Å²) in [7, 11) is 0. The van der Waals surface area contributed by atoms with E-state index in [1.807, 2.05) is 6.92 Å². The largest absolute Gasteiger partial charge is 0.394 e. The van der Waals surface area contributed by atoms with E-state index in [1.54, 1.807) is 13.8 Å². The summed E-state index contributed by atoms with van der Waals surface area (Å²) >= 11 is 0. The molecule has 3 heterocycles. The minimum Gasteiger partial charge on any atom is -0.394 e. The van der Waals surface area contributed by atoms with E-state index in [9.17, 15) is 30.3 Å². The summed E-state index contributed by atoms with van der Waals surface area (Å²) in [5, 5.41) is 51.6. The maximum absolute atomic E-state index is 12.5. The fraction of sp³-hybridized carbons (Fsp3) is 0.962. The van der Waals surface area contributed by atoms with Crippen molar-refractivity contribution in [3.63, 3.8) is 0 Å². The van der Waals surface area contributed by atoms with Crippen molar-refractivity contribution in [2.45, 2.75) is 139 Å². The minimum atomic E-state index is -1.45. The van der Waals surface area contributed by atoms with Gasteiger partial charge < -0.3 is 54.0 Å². The summed E-state index contributed by atoms with van der Waals surface area (Å²) < 4.78 is 36.4. The fourth-order valence-electron chi connectivity index (χ4n) is 5.85. The lowest BCUT2D eigenvalue weighted by Crippen LogP contribution is -2.64. The van der Waals surface area contributed by atoms with Gasteiger partial charge in [-0.15, -0.1) is 0 Å². The molecule has 0 radical (unpaired) electrons. The van der Waals surface area contributed by atoms with Gasteiger partial charge in [-0.2, -0.15) is 0 Å². The van der Waals surface area contributed by atoms with Gasteiger partial charge >= 0.3 is 0 Å². The molecule has 3 saturated heterocycles. The van der Waals surface area contributed by atoms with E-state index in [4.69, 9.17) is 28.4 Å². The molecule has 4 aliphatic rings. The number of Topliss-reactive ketones (excluding diaryl/α,β-unsaturated/α-hetero) is 1. The second-order valence-corrected chi connectivity index (χ2v) is 11.0. The predicted octanol–water partition coefficient (Wildman–Crippen LogP) is -0.606. The van der Waals surface area contributed by atoms with Gasteiger partial charge in [-0.25, -0.2) is 0 Å². The monoisotopic (exact) mass is 548 g/mol. The summed E-state index contributed by atoms with van der Waals surface area (Å²) in [5.41, 5.74) is 0. The highest BCUT2D eigenvalue weighted by molar-refractivity contribution is 5.82. The van der Waals surface area contributed by atoms with Crippen LogP contribution in [0.25, 0.3) is 0 Å². The predicted molar refractivity (Wildman–Crippen MR) is 130 cm³/mol. The summed E-state index contributed by atoms with van der Waals surface area (Å²) in [6.07, 6.45) is -9.24. The number of aliphatic hydroxyl groups excluding tert-OH is 5. The van der Waals surface area contributed by atoms with Gasteiger partial charge in [-0.1, -0.05) is 20.3 Å². The average Bonchev–Trinajstić information content (AvgIpc) is 2.89. The third-order valence-corrected chi connectivity index (χ3v) is 8.23. The van der Waals surface area contributed by atoms with Crippen LogP contribution < -0.4 is 0 Å². The van der Waals surface area contributed by atoms with E-state index in [0.717, 1.165) is 12.8 Å². The van der Waals surface area contributed by atoms with Crippen molar-refractivity contribution in [3.8, 4) is 0 Å². The summed E-state index contributed by atoms with van der Waals surface area (Å²) in [6.45, 7) is 5.18. The van der Waals surface area contributed by atoms with Gasteiger partial charge in [0.05, 0.1) is 24.9 Å². The van der Waals surface area contributed by atoms with E-state index in [-0.39, 0.29) is 11.7 Å². The Kier molecular flexibility index (Phi) is 10.5. The lowest BCUT2D eigenvalue weighted by Gasteiger charge is -2.48. The van der Waals surface area contributed by atoms with Gasteiger partial charge in [0.25, 0.3) is 0 Å². The number of hydrogen-bond acceptors (Lipinski definition) is 12. The smallest absolute Gasteiger partial charge is 0.187 e. The van der Waals surface area contributed by atoms with Crippen LogP contribution in [0, 0.1) is 5.92 Å². The van der Waals surface area contributed by atoms with Crippen LogP contribution in [0.2, 0.25) is 0 Å². The molecule has 38 heavy (non-hydrogen) atoms. The molecule has 7 unspecified atom stereocenters. The van der Waals surface area contributed by atoms with Gasteiger partial charge in [0.15, 0.2) is 18.4 Å². The van der Waals surface area contributed by atoms with Gasteiger partial charge in [0.1, 0.15) is 48.8 Å². The Labute approximate surface area is 223 Å². The zero-order chi connectivity index (χ0) is 27.6. The summed E-state index contributed by atoms with van der Waals surface area (Å²) in [5.74, 6) is -0.0620. The molecule has 0 aromatic heterocycles. The molecule has 5 N–H and O–H groups in total. The topological polar surface area (TPSA) is 174 Å². The van der Waals surface area contributed by atoms with Crippen LogP contribution in [0.15, 0.2) is 0 Å². The standard InChI is InChI=1S/C26H44O12/c1-4-14(28)15-9-6-10-33-24-23(35-15)19(30)17(11-27)37-26(24)36-16-8-5-7-12(2)22(16)38-25-21(32)20(31)18(29)13(3)34-25/h12-13,15-27,29-32H,4-11H2,1-3H3/t12?,13?,15-,16-,17?,18-,19+,20?,21+,22?,23?,24?,25+,26-/m1/s1. The molecule has 14 atom stereocenters. The Bertz CT molecular complexity index is 769. The Morgan fingerprint density at radius 1 is 0.842 bits per heavy atom. The highest BCUT2D eigenvalue weighted by atomic mass is 16.7. The van der Waals surface area contributed by atoms with E-state index in [1.165, 1.54) is 0 Å².